The molecule has 1 aliphatic rings. The molecule has 0 aliphatic carbocycles. The molecule has 1 saturated heterocycles. The van der Waals surface area contributed by atoms with Gasteiger partial charge in [-0.1, -0.05) is 12.1 Å². The van der Waals surface area contributed by atoms with E-state index in [4.69, 9.17) is 0 Å². The second kappa shape index (κ2) is 7.93. The molecule has 8 heteroatoms. The van der Waals surface area contributed by atoms with Crippen LogP contribution in [0.1, 0.15) is 18.5 Å². The zero-order valence-electron chi connectivity index (χ0n) is 13.7. The number of thiazole rings is 1. The van der Waals surface area contributed by atoms with Gasteiger partial charge >= 0.3 is 0 Å². The quantitative estimate of drug-likeness (QED) is 0.876. The number of aryl methyl sites for hydroxylation is 1. The molecule has 0 bridgehead atoms. The largest absolute Gasteiger partial charge is 0.317 e. The first-order chi connectivity index (χ1) is 11.0. The Labute approximate surface area is 153 Å². The second-order valence-corrected chi connectivity index (χ2v) is 8.58. The smallest absolute Gasteiger partial charge is 0.243 e. The van der Waals surface area contributed by atoms with Gasteiger partial charge in [0.2, 0.25) is 10.0 Å². The summed E-state index contributed by atoms with van der Waals surface area (Å²) in [5, 5.41) is 6.05. The molecule has 3 rings (SSSR count). The maximum absolute atomic E-state index is 12.9. The molecular weight excluding hydrogens is 366 g/mol. The predicted molar refractivity (Wildman–Crippen MR) is 100 cm³/mol. The molecule has 132 valence electrons. The lowest BCUT2D eigenvalue weighted by molar-refractivity contribution is 0.298. The number of piperidine rings is 1. The molecule has 0 atom stereocenters. The Morgan fingerprint density at radius 2 is 2.00 bits per heavy atom. The fourth-order valence-corrected chi connectivity index (χ4v) is 5.12. The van der Waals surface area contributed by atoms with E-state index in [1.807, 2.05) is 25.4 Å². The minimum atomic E-state index is -3.43. The second-order valence-electron chi connectivity index (χ2n) is 5.79. The Kier molecular flexibility index (Phi) is 6.39. The van der Waals surface area contributed by atoms with Gasteiger partial charge in [0.25, 0.3) is 0 Å². The van der Waals surface area contributed by atoms with E-state index in [0.29, 0.717) is 24.0 Å². The highest BCUT2D eigenvalue weighted by molar-refractivity contribution is 7.89. The van der Waals surface area contributed by atoms with E-state index in [2.05, 4.69) is 10.3 Å². The van der Waals surface area contributed by atoms with Crippen LogP contribution in [0.4, 0.5) is 0 Å². The Morgan fingerprint density at radius 3 is 2.58 bits per heavy atom. The molecule has 1 aromatic carbocycles. The highest BCUT2D eigenvalue weighted by Crippen LogP contribution is 2.28. The van der Waals surface area contributed by atoms with E-state index >= 15 is 0 Å². The van der Waals surface area contributed by atoms with Crippen molar-refractivity contribution in [2.75, 3.05) is 20.1 Å². The lowest BCUT2D eigenvalue weighted by Crippen LogP contribution is -2.43. The summed E-state index contributed by atoms with van der Waals surface area (Å²) >= 11 is 1.53. The van der Waals surface area contributed by atoms with Crippen molar-refractivity contribution in [2.45, 2.75) is 30.7 Å². The van der Waals surface area contributed by atoms with Crippen molar-refractivity contribution < 1.29 is 8.42 Å². The van der Waals surface area contributed by atoms with Crippen LogP contribution in [0, 0.1) is 6.92 Å². The van der Waals surface area contributed by atoms with Crippen molar-refractivity contribution in [1.29, 1.82) is 0 Å². The number of nitrogens with zero attached hydrogens (tertiary/aromatic N) is 2. The molecule has 0 spiro atoms. The van der Waals surface area contributed by atoms with Crippen LogP contribution in [0.3, 0.4) is 0 Å². The molecule has 2 heterocycles. The van der Waals surface area contributed by atoms with Crippen LogP contribution in [-0.2, 0) is 10.0 Å². The molecule has 2 aromatic rings. The van der Waals surface area contributed by atoms with Crippen molar-refractivity contribution in [2.24, 2.45) is 0 Å². The Morgan fingerprint density at radius 1 is 1.29 bits per heavy atom. The normalized spacial score (nSPS) is 16.8. The van der Waals surface area contributed by atoms with E-state index in [1.165, 1.54) is 11.3 Å². The van der Waals surface area contributed by atoms with Gasteiger partial charge in [0.1, 0.15) is 5.01 Å². The fraction of sp³-hybridized carbons (Fsp3) is 0.438. The topological polar surface area (TPSA) is 62.3 Å². The zero-order valence-corrected chi connectivity index (χ0v) is 16.2. The molecule has 5 nitrogen and oxygen atoms in total. The molecule has 0 amide bonds. The number of hydrogen-bond acceptors (Lipinski definition) is 5. The lowest BCUT2D eigenvalue weighted by Gasteiger charge is -2.31. The zero-order chi connectivity index (χ0) is 16.4. The molecule has 0 unspecified atom stereocenters. The minimum Gasteiger partial charge on any atom is -0.317 e. The average molecular weight is 388 g/mol. The van der Waals surface area contributed by atoms with Crippen LogP contribution in [0.5, 0.6) is 0 Å². The SMILES string of the molecule is CNC1CCN(S(=O)(=O)c2cccc(-c3nc(C)cs3)c2)CC1.Cl. The number of rotatable bonds is 4. The van der Waals surface area contributed by atoms with Gasteiger partial charge in [0, 0.05) is 35.8 Å². The minimum absolute atomic E-state index is 0. The monoisotopic (exact) mass is 387 g/mol. The molecule has 1 aromatic heterocycles. The summed E-state index contributed by atoms with van der Waals surface area (Å²) < 4.78 is 27.3. The molecular formula is C16H22ClN3O2S2. The molecule has 1 aliphatic heterocycles. The first-order valence-corrected chi connectivity index (χ1v) is 10.0. The molecule has 24 heavy (non-hydrogen) atoms. The van der Waals surface area contributed by atoms with Gasteiger partial charge < -0.3 is 5.32 Å². The molecule has 1 fully saturated rings. The number of nitrogens with one attached hydrogen (secondary N) is 1. The van der Waals surface area contributed by atoms with Crippen LogP contribution in [0.15, 0.2) is 34.5 Å². The number of halogens is 1. The van der Waals surface area contributed by atoms with E-state index < -0.39 is 10.0 Å². The van der Waals surface area contributed by atoms with Crippen molar-refractivity contribution in [1.82, 2.24) is 14.6 Å². The summed E-state index contributed by atoms with van der Waals surface area (Å²) in [5.74, 6) is 0. The van der Waals surface area contributed by atoms with Gasteiger partial charge in [-0.2, -0.15) is 4.31 Å². The van der Waals surface area contributed by atoms with Crippen LogP contribution in [-0.4, -0.2) is 43.9 Å². The summed E-state index contributed by atoms with van der Waals surface area (Å²) in [6.45, 7) is 3.06. The maximum Gasteiger partial charge on any atom is 0.243 e. The third-order valence-corrected chi connectivity index (χ3v) is 7.10. The molecule has 1 N–H and O–H groups in total. The van der Waals surface area contributed by atoms with Crippen LogP contribution in [0.25, 0.3) is 10.6 Å². The first kappa shape index (κ1) is 19.3. The third kappa shape index (κ3) is 3.97. The highest BCUT2D eigenvalue weighted by atomic mass is 35.5. The Hall–Kier alpha value is -0.990. The maximum atomic E-state index is 12.9. The van der Waals surface area contributed by atoms with Crippen molar-refractivity contribution in [3.8, 4) is 10.6 Å². The summed E-state index contributed by atoms with van der Waals surface area (Å²) in [4.78, 5) is 4.79. The van der Waals surface area contributed by atoms with E-state index in [1.54, 1.807) is 22.5 Å². The lowest BCUT2D eigenvalue weighted by atomic mass is 10.1. The van der Waals surface area contributed by atoms with Gasteiger partial charge in [-0.05, 0) is 38.9 Å². The van der Waals surface area contributed by atoms with E-state index in [0.717, 1.165) is 29.1 Å². The van der Waals surface area contributed by atoms with E-state index in [-0.39, 0.29) is 12.4 Å². The van der Waals surface area contributed by atoms with Gasteiger partial charge in [0.05, 0.1) is 4.90 Å². The van der Waals surface area contributed by atoms with Crippen molar-refractivity contribution >= 4 is 33.8 Å². The number of hydrogen-bond donors (Lipinski definition) is 1. The number of sulfonamides is 1. The number of aromatic nitrogens is 1. The van der Waals surface area contributed by atoms with Crippen LogP contribution in [0.2, 0.25) is 0 Å². The molecule has 0 radical (unpaired) electrons. The first-order valence-electron chi connectivity index (χ1n) is 7.70. The van der Waals surface area contributed by atoms with Gasteiger partial charge in [-0.3, -0.25) is 0 Å². The Bertz CT molecular complexity index is 784. The highest BCUT2D eigenvalue weighted by Gasteiger charge is 2.29. The van der Waals surface area contributed by atoms with Crippen LogP contribution >= 0.6 is 23.7 Å². The van der Waals surface area contributed by atoms with Gasteiger partial charge in [0.15, 0.2) is 0 Å². The van der Waals surface area contributed by atoms with Crippen molar-refractivity contribution in [3.63, 3.8) is 0 Å². The van der Waals surface area contributed by atoms with Crippen LogP contribution < -0.4 is 5.32 Å². The summed E-state index contributed by atoms with van der Waals surface area (Å²) in [5.41, 5.74) is 1.81. The Balaban J connectivity index is 0.00000208. The van der Waals surface area contributed by atoms with E-state index in [9.17, 15) is 8.42 Å². The fourth-order valence-electron chi connectivity index (χ4n) is 2.81. The van der Waals surface area contributed by atoms with Crippen molar-refractivity contribution in [3.05, 3.63) is 35.3 Å². The standard InChI is InChI=1S/C16H21N3O2S2.ClH/c1-12-11-22-16(18-12)13-4-3-5-15(10-13)23(20,21)19-8-6-14(17-2)7-9-19;/h3-5,10-11,14,17H,6-9H2,1-2H3;1H. The van der Waals surface area contributed by atoms with Gasteiger partial charge in [-0.15, -0.1) is 23.7 Å². The summed E-state index contributed by atoms with van der Waals surface area (Å²) in [6.07, 6.45) is 1.70. The predicted octanol–water partition coefficient (Wildman–Crippen LogP) is 2.91. The average Bonchev–Trinajstić information content (AvgIpc) is 3.01. The summed E-state index contributed by atoms with van der Waals surface area (Å²) in [7, 11) is -1.51. The van der Waals surface area contributed by atoms with Gasteiger partial charge in [-0.25, -0.2) is 13.4 Å². The molecule has 0 saturated carbocycles. The summed E-state index contributed by atoms with van der Waals surface area (Å²) in [6, 6.07) is 7.51. The third-order valence-electron chi connectivity index (χ3n) is 4.20. The number of benzene rings is 1.